The first-order valence-corrected chi connectivity index (χ1v) is 9.07. The van der Waals surface area contributed by atoms with Gasteiger partial charge in [0.25, 0.3) is 0 Å². The zero-order chi connectivity index (χ0) is 18.6. The van der Waals surface area contributed by atoms with E-state index in [0.717, 1.165) is 22.3 Å². The maximum Gasteiger partial charge on any atom is 0.228 e. The highest BCUT2D eigenvalue weighted by Gasteiger charge is 2.11. The Hall–Kier alpha value is -2.88. The maximum atomic E-state index is 6.22. The van der Waals surface area contributed by atoms with Crippen molar-refractivity contribution in [2.45, 2.75) is 0 Å². The summed E-state index contributed by atoms with van der Waals surface area (Å²) in [4.78, 5) is 8.97. The van der Waals surface area contributed by atoms with Crippen molar-refractivity contribution < 1.29 is 4.42 Å². The molecule has 0 unspecified atom stereocenters. The summed E-state index contributed by atoms with van der Waals surface area (Å²) in [7, 11) is 0. The smallest absolute Gasteiger partial charge is 0.228 e. The van der Waals surface area contributed by atoms with Crippen molar-refractivity contribution >= 4 is 52.3 Å². The molecule has 0 aliphatic heterocycles. The fourth-order valence-corrected chi connectivity index (χ4v) is 3.05. The van der Waals surface area contributed by atoms with Crippen molar-refractivity contribution in [3.63, 3.8) is 0 Å². The third-order valence-electron chi connectivity index (χ3n) is 3.97. The number of rotatable bonds is 4. The van der Waals surface area contributed by atoms with Crippen LogP contribution in [0.3, 0.4) is 0 Å². The van der Waals surface area contributed by atoms with Gasteiger partial charge in [-0.25, -0.2) is 4.98 Å². The highest BCUT2D eigenvalue weighted by atomic mass is 35.5. The van der Waals surface area contributed by atoms with E-state index in [0.29, 0.717) is 21.5 Å². The minimum atomic E-state index is 0.496. The number of nitrogens with zero attached hydrogens (tertiary/aromatic N) is 2. The Morgan fingerprint density at radius 1 is 0.889 bits per heavy atom. The maximum absolute atomic E-state index is 6.22. The van der Waals surface area contributed by atoms with Crippen LogP contribution in [0.4, 0.5) is 5.69 Å². The second-order valence-electron chi connectivity index (χ2n) is 5.81. The van der Waals surface area contributed by atoms with Gasteiger partial charge in [0.05, 0.1) is 16.3 Å². The summed E-state index contributed by atoms with van der Waals surface area (Å²) in [6.45, 7) is 0. The lowest BCUT2D eigenvalue weighted by molar-refractivity contribution is 0.620. The number of aromatic nitrogens is 1. The van der Waals surface area contributed by atoms with Crippen LogP contribution in [0.5, 0.6) is 0 Å². The van der Waals surface area contributed by atoms with Crippen molar-refractivity contribution in [2.75, 3.05) is 0 Å². The molecule has 0 spiro atoms. The zero-order valence-electron chi connectivity index (χ0n) is 14.1. The molecule has 1 heterocycles. The van der Waals surface area contributed by atoms with E-state index in [2.05, 4.69) is 9.98 Å². The van der Waals surface area contributed by atoms with Gasteiger partial charge in [-0.1, -0.05) is 59.6 Å². The average Bonchev–Trinajstić information content (AvgIpc) is 3.10. The van der Waals surface area contributed by atoms with Crippen molar-refractivity contribution in [1.82, 2.24) is 4.98 Å². The number of fused-ring (bicyclic) bond motifs is 1. The molecular weight excluding hydrogens is 379 g/mol. The van der Waals surface area contributed by atoms with Crippen LogP contribution in [-0.4, -0.2) is 11.2 Å². The Bertz CT molecular complexity index is 1160. The van der Waals surface area contributed by atoms with Crippen LogP contribution >= 0.6 is 23.2 Å². The topological polar surface area (TPSA) is 38.4 Å². The predicted molar refractivity (Wildman–Crippen MR) is 113 cm³/mol. The lowest BCUT2D eigenvalue weighted by Crippen LogP contribution is -1.77. The zero-order valence-corrected chi connectivity index (χ0v) is 15.7. The molecule has 132 valence electrons. The first-order valence-electron chi connectivity index (χ1n) is 8.31. The van der Waals surface area contributed by atoms with Gasteiger partial charge in [-0.3, -0.25) is 4.99 Å². The molecule has 0 bridgehead atoms. The molecule has 0 saturated carbocycles. The molecule has 3 nitrogen and oxygen atoms in total. The molecule has 0 N–H and O–H groups in total. The molecule has 4 rings (SSSR count). The van der Waals surface area contributed by atoms with Crippen LogP contribution in [0.1, 0.15) is 5.56 Å². The molecular formula is C22H14Cl2N2O. The molecule has 5 heteroatoms. The fourth-order valence-electron chi connectivity index (χ4n) is 2.63. The number of allylic oxidation sites excluding steroid dienone is 1. The number of oxazole rings is 1. The van der Waals surface area contributed by atoms with E-state index >= 15 is 0 Å². The van der Waals surface area contributed by atoms with E-state index in [1.807, 2.05) is 78.9 Å². The number of benzene rings is 3. The average molecular weight is 393 g/mol. The van der Waals surface area contributed by atoms with Gasteiger partial charge < -0.3 is 4.42 Å². The fraction of sp³-hybridized carbons (Fsp3) is 0. The van der Waals surface area contributed by atoms with Crippen LogP contribution in [0.25, 0.3) is 28.6 Å². The van der Waals surface area contributed by atoms with Gasteiger partial charge in [-0.2, -0.15) is 0 Å². The van der Waals surface area contributed by atoms with E-state index in [1.54, 1.807) is 6.21 Å². The number of aliphatic imine (C=N–C) groups is 1. The molecule has 0 radical (unpaired) electrons. The van der Waals surface area contributed by atoms with Crippen molar-refractivity contribution in [2.24, 2.45) is 4.99 Å². The third kappa shape index (κ3) is 3.95. The lowest BCUT2D eigenvalue weighted by atomic mass is 10.2. The van der Waals surface area contributed by atoms with Crippen molar-refractivity contribution in [3.05, 3.63) is 88.4 Å². The molecule has 1 aromatic heterocycles. The summed E-state index contributed by atoms with van der Waals surface area (Å²) in [5.74, 6) is 0.496. The second kappa shape index (κ2) is 7.78. The summed E-state index contributed by atoms with van der Waals surface area (Å²) in [5.41, 5.74) is 3.92. The monoisotopic (exact) mass is 392 g/mol. The summed E-state index contributed by atoms with van der Waals surface area (Å²) < 4.78 is 5.81. The summed E-state index contributed by atoms with van der Waals surface area (Å²) in [5, 5.41) is 1.31. The molecule has 0 atom stereocenters. The first kappa shape index (κ1) is 17.5. The molecule has 0 amide bonds. The SMILES string of the molecule is Clc1ccccc1/C=C/C=Nc1ccc2oc(-c3ccccc3Cl)nc2c1. The van der Waals surface area contributed by atoms with Crippen LogP contribution in [0.15, 0.2) is 82.2 Å². The third-order valence-corrected chi connectivity index (χ3v) is 4.64. The molecule has 4 aromatic rings. The van der Waals surface area contributed by atoms with Crippen molar-refractivity contribution in [1.29, 1.82) is 0 Å². The van der Waals surface area contributed by atoms with Crippen molar-refractivity contribution in [3.8, 4) is 11.5 Å². The summed E-state index contributed by atoms with van der Waals surface area (Å²) in [6.07, 6.45) is 5.49. The molecule has 0 aliphatic carbocycles. The quantitative estimate of drug-likeness (QED) is 0.343. The number of hydrogen-bond acceptors (Lipinski definition) is 3. The van der Waals surface area contributed by atoms with Gasteiger partial charge in [-0.05, 0) is 48.0 Å². The molecule has 0 saturated heterocycles. The van der Waals surface area contributed by atoms with Crippen LogP contribution < -0.4 is 0 Å². The lowest BCUT2D eigenvalue weighted by Gasteiger charge is -1.96. The van der Waals surface area contributed by atoms with Gasteiger partial charge >= 0.3 is 0 Å². The second-order valence-corrected chi connectivity index (χ2v) is 6.62. The Kier molecular flexibility index (Phi) is 5.05. The van der Waals surface area contributed by atoms with E-state index < -0.39 is 0 Å². The van der Waals surface area contributed by atoms with E-state index in [4.69, 9.17) is 27.6 Å². The summed E-state index contributed by atoms with van der Waals surface area (Å²) in [6, 6.07) is 20.7. The first-order chi connectivity index (χ1) is 13.2. The molecule has 0 fully saturated rings. The van der Waals surface area contributed by atoms with E-state index in [-0.39, 0.29) is 0 Å². The van der Waals surface area contributed by atoms with Gasteiger partial charge in [0, 0.05) is 11.2 Å². The summed E-state index contributed by atoms with van der Waals surface area (Å²) >= 11 is 12.3. The Morgan fingerprint density at radius 2 is 1.67 bits per heavy atom. The van der Waals surface area contributed by atoms with E-state index in [9.17, 15) is 0 Å². The normalized spacial score (nSPS) is 11.8. The molecule has 0 aliphatic rings. The number of halogens is 2. The minimum Gasteiger partial charge on any atom is -0.436 e. The Labute approximate surface area is 166 Å². The standard InChI is InChI=1S/C22H14Cl2N2O/c23-18-9-3-1-6-15(18)7-5-13-25-16-11-12-21-20(14-16)26-22(27-21)17-8-2-4-10-19(17)24/h1-14H/b7-5+,25-13?. The number of hydrogen-bond donors (Lipinski definition) is 0. The molecule has 27 heavy (non-hydrogen) atoms. The molecule has 3 aromatic carbocycles. The van der Waals surface area contributed by atoms with Crippen LogP contribution in [0, 0.1) is 0 Å². The largest absolute Gasteiger partial charge is 0.436 e. The van der Waals surface area contributed by atoms with E-state index in [1.165, 1.54) is 0 Å². The van der Waals surface area contributed by atoms with Gasteiger partial charge in [0.1, 0.15) is 5.52 Å². The minimum absolute atomic E-state index is 0.496. The van der Waals surface area contributed by atoms with Gasteiger partial charge in [0.15, 0.2) is 5.58 Å². The predicted octanol–water partition coefficient (Wildman–Crippen LogP) is 7.22. The van der Waals surface area contributed by atoms with Gasteiger partial charge in [-0.15, -0.1) is 0 Å². The highest BCUT2D eigenvalue weighted by Crippen LogP contribution is 2.31. The van der Waals surface area contributed by atoms with Gasteiger partial charge in [0.2, 0.25) is 5.89 Å². The Balaban J connectivity index is 1.57. The Morgan fingerprint density at radius 3 is 2.48 bits per heavy atom. The highest BCUT2D eigenvalue weighted by molar-refractivity contribution is 6.33. The van der Waals surface area contributed by atoms with Crippen LogP contribution in [0.2, 0.25) is 10.0 Å². The van der Waals surface area contributed by atoms with Crippen LogP contribution in [-0.2, 0) is 0 Å².